The Hall–Kier alpha value is -1.51. The first-order chi connectivity index (χ1) is 9.58. The molecule has 1 amide bonds. The Morgan fingerprint density at radius 3 is 2.25 bits per heavy atom. The van der Waals surface area contributed by atoms with E-state index in [0.29, 0.717) is 15.6 Å². The van der Waals surface area contributed by atoms with Crippen LogP contribution in [0.2, 0.25) is 10.0 Å². The van der Waals surface area contributed by atoms with Crippen molar-refractivity contribution >= 4 is 29.1 Å². The van der Waals surface area contributed by atoms with Gasteiger partial charge in [-0.1, -0.05) is 59.6 Å². The van der Waals surface area contributed by atoms with E-state index in [1.54, 1.807) is 18.2 Å². The average Bonchev–Trinajstić information content (AvgIpc) is 2.44. The topological polar surface area (TPSA) is 29.1 Å². The van der Waals surface area contributed by atoms with Crippen molar-refractivity contribution in [2.24, 2.45) is 0 Å². The fourth-order valence-electron chi connectivity index (χ4n) is 1.98. The van der Waals surface area contributed by atoms with E-state index in [-0.39, 0.29) is 18.4 Å². The summed E-state index contributed by atoms with van der Waals surface area (Å²) in [6.45, 7) is 1.95. The van der Waals surface area contributed by atoms with Gasteiger partial charge in [0.2, 0.25) is 5.91 Å². The highest BCUT2D eigenvalue weighted by atomic mass is 35.5. The van der Waals surface area contributed by atoms with E-state index in [1.165, 1.54) is 0 Å². The first-order valence-electron chi connectivity index (χ1n) is 6.35. The van der Waals surface area contributed by atoms with Crippen LogP contribution in [0.5, 0.6) is 0 Å². The van der Waals surface area contributed by atoms with Crippen molar-refractivity contribution in [2.75, 3.05) is 0 Å². The Kier molecular flexibility index (Phi) is 5.05. The highest BCUT2D eigenvalue weighted by molar-refractivity contribution is 6.36. The zero-order valence-electron chi connectivity index (χ0n) is 11.1. The van der Waals surface area contributed by atoms with Gasteiger partial charge in [-0.15, -0.1) is 0 Å². The molecule has 0 unspecified atom stereocenters. The normalized spacial score (nSPS) is 11.9. The molecule has 1 N–H and O–H groups in total. The number of carbonyl (C=O) groups is 1. The molecule has 0 spiro atoms. The van der Waals surface area contributed by atoms with Crippen molar-refractivity contribution in [3.8, 4) is 0 Å². The van der Waals surface area contributed by atoms with Gasteiger partial charge in [-0.25, -0.2) is 0 Å². The van der Waals surface area contributed by atoms with Crippen LogP contribution >= 0.6 is 23.2 Å². The van der Waals surface area contributed by atoms with Gasteiger partial charge in [0.15, 0.2) is 0 Å². The molecule has 0 radical (unpaired) electrons. The summed E-state index contributed by atoms with van der Waals surface area (Å²) in [6, 6.07) is 15.0. The largest absolute Gasteiger partial charge is 0.349 e. The second kappa shape index (κ2) is 6.78. The summed E-state index contributed by atoms with van der Waals surface area (Å²) < 4.78 is 0. The summed E-state index contributed by atoms with van der Waals surface area (Å²) >= 11 is 12.1. The van der Waals surface area contributed by atoms with Gasteiger partial charge in [0, 0.05) is 10.0 Å². The molecule has 0 aliphatic rings. The minimum atomic E-state index is -0.101. The van der Waals surface area contributed by atoms with Gasteiger partial charge in [0.05, 0.1) is 12.5 Å². The predicted octanol–water partition coefficient (Wildman–Crippen LogP) is 4.41. The van der Waals surface area contributed by atoms with Gasteiger partial charge in [-0.3, -0.25) is 4.79 Å². The van der Waals surface area contributed by atoms with Crippen LogP contribution in [-0.4, -0.2) is 5.91 Å². The quantitative estimate of drug-likeness (QED) is 0.890. The highest BCUT2D eigenvalue weighted by Gasteiger charge is 2.13. The SMILES string of the molecule is C[C@@H](NC(=O)Cc1c(Cl)cccc1Cl)c1ccccc1. The number of halogens is 2. The number of amides is 1. The first kappa shape index (κ1) is 14.9. The van der Waals surface area contributed by atoms with Crippen LogP contribution in [0.25, 0.3) is 0 Å². The van der Waals surface area contributed by atoms with E-state index in [2.05, 4.69) is 5.32 Å². The smallest absolute Gasteiger partial charge is 0.225 e. The lowest BCUT2D eigenvalue weighted by Crippen LogP contribution is -2.28. The molecule has 0 saturated carbocycles. The molecule has 0 saturated heterocycles. The maximum Gasteiger partial charge on any atom is 0.225 e. The molecule has 20 heavy (non-hydrogen) atoms. The molecule has 4 heteroatoms. The lowest BCUT2D eigenvalue weighted by molar-refractivity contribution is -0.121. The summed E-state index contributed by atoms with van der Waals surface area (Å²) in [5.74, 6) is -0.101. The number of hydrogen-bond acceptors (Lipinski definition) is 1. The van der Waals surface area contributed by atoms with E-state index in [4.69, 9.17) is 23.2 Å². The van der Waals surface area contributed by atoms with E-state index in [9.17, 15) is 4.79 Å². The van der Waals surface area contributed by atoms with Crippen LogP contribution < -0.4 is 5.32 Å². The lowest BCUT2D eigenvalue weighted by atomic mass is 10.1. The van der Waals surface area contributed by atoms with E-state index in [0.717, 1.165) is 5.56 Å². The molecule has 104 valence electrons. The second-order valence-electron chi connectivity index (χ2n) is 4.58. The van der Waals surface area contributed by atoms with Crippen LogP contribution in [0.3, 0.4) is 0 Å². The summed E-state index contributed by atoms with van der Waals surface area (Å²) in [4.78, 5) is 12.1. The lowest BCUT2D eigenvalue weighted by Gasteiger charge is -2.15. The number of benzene rings is 2. The molecule has 2 nitrogen and oxygen atoms in total. The third-order valence-electron chi connectivity index (χ3n) is 3.08. The molecule has 2 aromatic carbocycles. The maximum absolute atomic E-state index is 12.1. The molecular weight excluding hydrogens is 293 g/mol. The first-order valence-corrected chi connectivity index (χ1v) is 7.10. The van der Waals surface area contributed by atoms with Gasteiger partial charge in [0.1, 0.15) is 0 Å². The molecule has 0 aromatic heterocycles. The molecule has 2 aromatic rings. The summed E-state index contributed by atoms with van der Waals surface area (Å²) in [5.41, 5.74) is 1.72. The molecule has 2 rings (SSSR count). The van der Waals surface area contributed by atoms with Gasteiger partial charge in [-0.05, 0) is 30.2 Å². The predicted molar refractivity (Wildman–Crippen MR) is 83.2 cm³/mol. The van der Waals surface area contributed by atoms with Crippen molar-refractivity contribution < 1.29 is 4.79 Å². The maximum atomic E-state index is 12.1. The zero-order chi connectivity index (χ0) is 14.5. The molecule has 1 atom stereocenters. The summed E-state index contributed by atoms with van der Waals surface area (Å²) in [7, 11) is 0. The third kappa shape index (κ3) is 3.75. The van der Waals surface area contributed by atoms with Crippen molar-refractivity contribution in [3.63, 3.8) is 0 Å². The Balaban J connectivity index is 2.03. The Morgan fingerprint density at radius 1 is 1.05 bits per heavy atom. The molecule has 0 aliphatic carbocycles. The van der Waals surface area contributed by atoms with E-state index >= 15 is 0 Å². The van der Waals surface area contributed by atoms with Gasteiger partial charge < -0.3 is 5.32 Å². The minimum absolute atomic E-state index is 0.0510. The number of rotatable bonds is 4. The molecule has 0 heterocycles. The monoisotopic (exact) mass is 307 g/mol. The standard InChI is InChI=1S/C16H15Cl2NO/c1-11(12-6-3-2-4-7-12)19-16(20)10-13-14(17)8-5-9-15(13)18/h2-9,11H,10H2,1H3,(H,19,20)/t11-/m1/s1. The molecule has 0 bridgehead atoms. The summed E-state index contributed by atoms with van der Waals surface area (Å²) in [6.07, 6.45) is 0.176. The van der Waals surface area contributed by atoms with Gasteiger partial charge >= 0.3 is 0 Å². The number of hydrogen-bond donors (Lipinski definition) is 1. The Morgan fingerprint density at radius 2 is 1.65 bits per heavy atom. The van der Waals surface area contributed by atoms with Crippen molar-refractivity contribution in [3.05, 3.63) is 69.7 Å². The van der Waals surface area contributed by atoms with Crippen LogP contribution in [0.4, 0.5) is 0 Å². The fraction of sp³-hybridized carbons (Fsp3) is 0.188. The highest BCUT2D eigenvalue weighted by Crippen LogP contribution is 2.24. The number of carbonyl (C=O) groups excluding carboxylic acids is 1. The van der Waals surface area contributed by atoms with E-state index < -0.39 is 0 Å². The van der Waals surface area contributed by atoms with Crippen molar-refractivity contribution in [1.82, 2.24) is 5.32 Å². The zero-order valence-corrected chi connectivity index (χ0v) is 12.6. The van der Waals surface area contributed by atoms with Crippen LogP contribution in [0.15, 0.2) is 48.5 Å². The second-order valence-corrected chi connectivity index (χ2v) is 5.39. The summed E-state index contributed by atoms with van der Waals surface area (Å²) in [5, 5.41) is 3.97. The van der Waals surface area contributed by atoms with Gasteiger partial charge in [-0.2, -0.15) is 0 Å². The average molecular weight is 308 g/mol. The van der Waals surface area contributed by atoms with Crippen LogP contribution in [-0.2, 0) is 11.2 Å². The molecular formula is C16H15Cl2NO. The minimum Gasteiger partial charge on any atom is -0.349 e. The van der Waals surface area contributed by atoms with E-state index in [1.807, 2.05) is 37.3 Å². The van der Waals surface area contributed by atoms with Crippen molar-refractivity contribution in [1.29, 1.82) is 0 Å². The van der Waals surface area contributed by atoms with Gasteiger partial charge in [0.25, 0.3) is 0 Å². The van der Waals surface area contributed by atoms with Crippen LogP contribution in [0.1, 0.15) is 24.1 Å². The third-order valence-corrected chi connectivity index (χ3v) is 3.78. The van der Waals surface area contributed by atoms with Crippen LogP contribution in [0, 0.1) is 0 Å². The van der Waals surface area contributed by atoms with Crippen molar-refractivity contribution in [2.45, 2.75) is 19.4 Å². The number of nitrogens with one attached hydrogen (secondary N) is 1. The Labute approximate surface area is 128 Å². The fourth-order valence-corrected chi connectivity index (χ4v) is 2.51. The molecule has 0 fully saturated rings. The Bertz CT molecular complexity index is 578. The molecule has 0 aliphatic heterocycles.